The van der Waals surface area contributed by atoms with Crippen LogP contribution in [0, 0.1) is 18.6 Å². The molecule has 3 atom stereocenters. The van der Waals surface area contributed by atoms with Crippen molar-refractivity contribution in [2.75, 3.05) is 19.6 Å². The van der Waals surface area contributed by atoms with E-state index in [4.69, 9.17) is 4.98 Å². The topological polar surface area (TPSA) is 82.9 Å². The molecule has 8 nitrogen and oxygen atoms in total. The Kier molecular flexibility index (Phi) is 6.93. The van der Waals surface area contributed by atoms with Gasteiger partial charge >= 0.3 is 0 Å². The predicted molar refractivity (Wildman–Crippen MR) is 168 cm³/mol. The van der Waals surface area contributed by atoms with Gasteiger partial charge in [-0.05, 0) is 106 Å². The van der Waals surface area contributed by atoms with Crippen molar-refractivity contribution < 1.29 is 13.6 Å². The summed E-state index contributed by atoms with van der Waals surface area (Å²) in [4.78, 5) is 22.9. The van der Waals surface area contributed by atoms with E-state index in [2.05, 4.69) is 56.1 Å². The molecule has 0 radical (unpaired) electrons. The third-order valence-electron chi connectivity index (χ3n) is 11.0. The normalized spacial score (nSPS) is 23.3. The molecular weight excluding hydrogens is 572 g/mol. The smallest absolute Gasteiger partial charge is 0.259 e. The van der Waals surface area contributed by atoms with Gasteiger partial charge in [0.25, 0.3) is 5.91 Å². The van der Waals surface area contributed by atoms with Crippen molar-refractivity contribution in [1.82, 2.24) is 34.8 Å². The van der Waals surface area contributed by atoms with Gasteiger partial charge in [-0.25, -0.2) is 13.8 Å². The van der Waals surface area contributed by atoms with E-state index < -0.39 is 5.82 Å². The number of imidazole rings is 1. The number of carbonyl (C=O) groups is 1. The number of carbonyl (C=O) groups excluding carboxylic acids is 1. The van der Waals surface area contributed by atoms with Crippen LogP contribution in [0.3, 0.4) is 0 Å². The standard InChI is InChI=1S/C35H37F2N7O/c1-22-38-29-7-2-3-8-31(29)44(22)27-20-25-9-10-26(21-27)43(25)18-15-35(23-5-4-6-24(36)19-23)13-16-42(17-14-35)34(45)32-28(37)11-12-30-33(32)40-41-39-30/h2-8,11-12,19,25-27H,9-10,13-18,20-21H2,1H3,(H,39,40,41)/t25-,26+,27+. The van der Waals surface area contributed by atoms with E-state index in [1.165, 1.54) is 36.6 Å². The predicted octanol–water partition coefficient (Wildman–Crippen LogP) is 6.33. The number of hydrogen-bond acceptors (Lipinski definition) is 5. The summed E-state index contributed by atoms with van der Waals surface area (Å²) in [7, 11) is 0. The largest absolute Gasteiger partial charge is 0.338 e. The Morgan fingerprint density at radius 2 is 1.73 bits per heavy atom. The maximum Gasteiger partial charge on any atom is 0.259 e. The lowest BCUT2D eigenvalue weighted by atomic mass is 9.70. The van der Waals surface area contributed by atoms with Gasteiger partial charge in [-0.15, -0.1) is 5.10 Å². The summed E-state index contributed by atoms with van der Waals surface area (Å²) in [6, 6.07) is 19.7. The van der Waals surface area contributed by atoms with Gasteiger partial charge in [0.2, 0.25) is 0 Å². The summed E-state index contributed by atoms with van der Waals surface area (Å²) in [5, 5.41) is 10.4. The summed E-state index contributed by atoms with van der Waals surface area (Å²) in [5.41, 5.74) is 3.76. The highest BCUT2D eigenvalue weighted by molar-refractivity contribution is 6.04. The van der Waals surface area contributed by atoms with Crippen LogP contribution in [0.5, 0.6) is 0 Å². The monoisotopic (exact) mass is 609 g/mol. The Hall–Kier alpha value is -4.18. The molecule has 3 fully saturated rings. The van der Waals surface area contributed by atoms with Gasteiger partial charge in [0.1, 0.15) is 34.1 Å². The molecule has 10 heteroatoms. The molecule has 3 aliphatic heterocycles. The van der Waals surface area contributed by atoms with Crippen molar-refractivity contribution in [3.05, 3.63) is 89.2 Å². The Morgan fingerprint density at radius 1 is 0.956 bits per heavy atom. The van der Waals surface area contributed by atoms with Crippen molar-refractivity contribution >= 4 is 28.0 Å². The van der Waals surface area contributed by atoms with Crippen LogP contribution >= 0.6 is 0 Å². The second-order valence-electron chi connectivity index (χ2n) is 13.2. The number of para-hydroxylation sites is 2. The number of amides is 1. The number of likely N-dealkylation sites (tertiary alicyclic amines) is 1. The first kappa shape index (κ1) is 28.3. The summed E-state index contributed by atoms with van der Waals surface area (Å²) in [6.45, 7) is 3.99. The lowest BCUT2D eigenvalue weighted by Crippen LogP contribution is -2.49. The third-order valence-corrected chi connectivity index (χ3v) is 11.0. The fourth-order valence-corrected chi connectivity index (χ4v) is 8.69. The maximum absolute atomic E-state index is 14.9. The zero-order valence-corrected chi connectivity index (χ0v) is 25.4. The second-order valence-corrected chi connectivity index (χ2v) is 13.2. The average Bonchev–Trinajstić information content (AvgIpc) is 3.72. The molecule has 232 valence electrons. The summed E-state index contributed by atoms with van der Waals surface area (Å²) in [5.74, 6) is -0.104. The number of hydrogen-bond donors (Lipinski definition) is 1. The van der Waals surface area contributed by atoms with E-state index in [1.807, 2.05) is 6.07 Å². The van der Waals surface area contributed by atoms with Crippen LogP contribution in [-0.4, -0.2) is 72.4 Å². The van der Waals surface area contributed by atoms with Crippen LogP contribution in [0.25, 0.3) is 22.1 Å². The summed E-state index contributed by atoms with van der Waals surface area (Å²) < 4.78 is 32.0. The van der Waals surface area contributed by atoms with Crippen molar-refractivity contribution in [1.29, 1.82) is 0 Å². The van der Waals surface area contributed by atoms with Crippen molar-refractivity contribution in [2.24, 2.45) is 0 Å². The first-order valence-electron chi connectivity index (χ1n) is 16.1. The molecule has 3 aromatic carbocycles. The average molecular weight is 610 g/mol. The number of rotatable bonds is 6. The summed E-state index contributed by atoms with van der Waals surface area (Å²) in [6.07, 6.45) is 6.86. The quantitative estimate of drug-likeness (QED) is 0.244. The van der Waals surface area contributed by atoms with Gasteiger partial charge in [0, 0.05) is 31.2 Å². The van der Waals surface area contributed by atoms with Gasteiger partial charge in [-0.2, -0.15) is 0 Å². The Balaban J connectivity index is 1.01. The molecule has 0 spiro atoms. The molecule has 0 aliphatic carbocycles. The number of H-pyrrole nitrogens is 1. The molecule has 0 saturated carbocycles. The fourth-order valence-electron chi connectivity index (χ4n) is 8.69. The first-order valence-corrected chi connectivity index (χ1v) is 16.1. The third kappa shape index (κ3) is 4.81. The molecule has 3 aliphatic rings. The van der Waals surface area contributed by atoms with E-state index in [9.17, 15) is 13.6 Å². The molecule has 0 unspecified atom stereocenters. The van der Waals surface area contributed by atoms with E-state index >= 15 is 0 Å². The number of nitrogens with zero attached hydrogens (tertiary/aromatic N) is 6. The van der Waals surface area contributed by atoms with Crippen LogP contribution < -0.4 is 0 Å². The van der Waals surface area contributed by atoms with E-state index in [-0.39, 0.29) is 22.7 Å². The number of benzene rings is 3. The number of piperidine rings is 2. The minimum Gasteiger partial charge on any atom is -0.338 e. The Labute approximate surface area is 260 Å². The van der Waals surface area contributed by atoms with Gasteiger partial charge in [-0.3, -0.25) is 14.8 Å². The fraction of sp³-hybridized carbons (Fsp3) is 0.429. The van der Waals surface area contributed by atoms with Gasteiger partial charge in [0.05, 0.1) is 11.0 Å². The number of aromatic amines is 1. The van der Waals surface area contributed by atoms with E-state index in [1.54, 1.807) is 17.0 Å². The zero-order chi connectivity index (χ0) is 30.7. The Morgan fingerprint density at radius 3 is 2.51 bits per heavy atom. The highest BCUT2D eigenvalue weighted by Gasteiger charge is 2.44. The van der Waals surface area contributed by atoms with Crippen LogP contribution in [0.15, 0.2) is 60.7 Å². The van der Waals surface area contributed by atoms with Crippen LogP contribution in [-0.2, 0) is 5.41 Å². The second kappa shape index (κ2) is 11.0. The number of fused-ring (bicyclic) bond motifs is 4. The molecule has 1 amide bonds. The van der Waals surface area contributed by atoms with Gasteiger partial charge < -0.3 is 9.47 Å². The SMILES string of the molecule is Cc1nc2ccccc2n1[C@H]1C[C@H]2CC[C@@H](C1)N2CCC1(c2cccc(F)c2)CCN(C(=O)c2c(F)ccc3nn[nH]c23)CC1. The molecule has 45 heavy (non-hydrogen) atoms. The number of aryl methyl sites for hydroxylation is 1. The van der Waals surface area contributed by atoms with Gasteiger partial charge in [0.15, 0.2) is 0 Å². The van der Waals surface area contributed by atoms with E-state index in [0.29, 0.717) is 55.1 Å². The highest BCUT2D eigenvalue weighted by Crippen LogP contribution is 2.45. The number of aromatic nitrogens is 5. The van der Waals surface area contributed by atoms with Crippen molar-refractivity contribution in [3.8, 4) is 0 Å². The first-order chi connectivity index (χ1) is 21.9. The molecule has 5 aromatic rings. The van der Waals surface area contributed by atoms with Crippen LogP contribution in [0.4, 0.5) is 8.78 Å². The minimum atomic E-state index is -0.585. The lowest BCUT2D eigenvalue weighted by Gasteiger charge is -2.45. The van der Waals surface area contributed by atoms with Crippen LogP contribution in [0.2, 0.25) is 0 Å². The van der Waals surface area contributed by atoms with E-state index in [0.717, 1.165) is 42.7 Å². The molecule has 2 bridgehead atoms. The Bertz CT molecular complexity index is 1880. The molecule has 2 aromatic heterocycles. The highest BCUT2D eigenvalue weighted by atomic mass is 19.1. The van der Waals surface area contributed by atoms with Crippen molar-refractivity contribution in [3.63, 3.8) is 0 Å². The molecular formula is C35H37F2N7O. The molecule has 3 saturated heterocycles. The molecule has 8 rings (SSSR count). The zero-order valence-electron chi connectivity index (χ0n) is 25.4. The molecule has 1 N–H and O–H groups in total. The molecule has 5 heterocycles. The van der Waals surface area contributed by atoms with Crippen molar-refractivity contribution in [2.45, 2.75) is 75.4 Å². The van der Waals surface area contributed by atoms with Gasteiger partial charge in [-0.1, -0.05) is 29.5 Å². The lowest BCUT2D eigenvalue weighted by molar-refractivity contribution is 0.0604. The van der Waals surface area contributed by atoms with Crippen LogP contribution in [0.1, 0.15) is 72.7 Å². The summed E-state index contributed by atoms with van der Waals surface area (Å²) >= 11 is 0. The number of nitrogens with one attached hydrogen (secondary N) is 1. The maximum atomic E-state index is 14.9. The number of halogens is 2. The minimum absolute atomic E-state index is 0.0175.